The van der Waals surface area contributed by atoms with Crippen molar-refractivity contribution in [1.82, 2.24) is 0 Å². The Morgan fingerprint density at radius 1 is 1.04 bits per heavy atom. The lowest BCUT2D eigenvalue weighted by Crippen LogP contribution is -2.09. The third-order valence-corrected chi connectivity index (χ3v) is 9.66. The van der Waals surface area contributed by atoms with Crippen LogP contribution in [0.2, 0.25) is 0 Å². The predicted molar refractivity (Wildman–Crippen MR) is 116 cm³/mol. The third kappa shape index (κ3) is 6.81. The molecule has 0 aliphatic heterocycles. The first-order valence-electron chi connectivity index (χ1n) is 8.60. The summed E-state index contributed by atoms with van der Waals surface area (Å²) in [5.41, 5.74) is 0. The van der Waals surface area contributed by atoms with E-state index in [0.717, 1.165) is 22.3 Å². The number of hydrogen-bond acceptors (Lipinski definition) is 7. The molecule has 2 rings (SSSR count). The van der Waals surface area contributed by atoms with Crippen LogP contribution in [-0.2, 0) is 19.2 Å². The number of rotatable bonds is 10. The van der Waals surface area contributed by atoms with Gasteiger partial charge in [-0.3, -0.25) is 4.52 Å². The molecule has 0 aromatic heterocycles. The SMILES string of the molecule is CCOP(=O)(Oc1ccc(OS(=O)(=O)c2ccc(Br)cc2)cc1)SC(C)CC. The van der Waals surface area contributed by atoms with Gasteiger partial charge in [0.2, 0.25) is 0 Å². The third-order valence-electron chi connectivity index (χ3n) is 3.52. The Morgan fingerprint density at radius 2 is 1.61 bits per heavy atom. The maximum absolute atomic E-state index is 12.9. The van der Waals surface area contributed by atoms with Crippen LogP contribution >= 0.6 is 34.1 Å². The van der Waals surface area contributed by atoms with Gasteiger partial charge in [0, 0.05) is 9.72 Å². The molecule has 2 unspecified atom stereocenters. The smallest absolute Gasteiger partial charge is 0.417 e. The van der Waals surface area contributed by atoms with Gasteiger partial charge in [0.15, 0.2) is 0 Å². The Morgan fingerprint density at radius 3 is 2.14 bits per heavy atom. The van der Waals surface area contributed by atoms with Crippen molar-refractivity contribution in [3.63, 3.8) is 0 Å². The van der Waals surface area contributed by atoms with Gasteiger partial charge in [-0.1, -0.05) is 29.8 Å². The first-order chi connectivity index (χ1) is 13.2. The summed E-state index contributed by atoms with van der Waals surface area (Å²) in [7, 11) is -3.95. The quantitative estimate of drug-likeness (QED) is 0.276. The van der Waals surface area contributed by atoms with E-state index in [-0.39, 0.29) is 22.5 Å². The molecule has 0 saturated carbocycles. The molecule has 0 amide bonds. The van der Waals surface area contributed by atoms with Crippen molar-refractivity contribution in [1.29, 1.82) is 0 Å². The van der Waals surface area contributed by atoms with E-state index in [1.165, 1.54) is 36.4 Å². The average molecular weight is 509 g/mol. The average Bonchev–Trinajstić information content (AvgIpc) is 2.63. The summed E-state index contributed by atoms with van der Waals surface area (Å²) in [6, 6.07) is 12.0. The molecule has 0 radical (unpaired) electrons. The van der Waals surface area contributed by atoms with Gasteiger partial charge in [-0.05, 0) is 73.3 Å². The van der Waals surface area contributed by atoms with Crippen LogP contribution in [0.25, 0.3) is 0 Å². The second-order valence-electron chi connectivity index (χ2n) is 5.74. The minimum atomic E-state index is -3.95. The zero-order chi connectivity index (χ0) is 20.8. The maximum atomic E-state index is 12.9. The molecule has 0 aliphatic carbocycles. The molecule has 0 N–H and O–H groups in total. The fourth-order valence-electron chi connectivity index (χ4n) is 1.99. The molecular formula is C18H22BrO6PS2. The lowest BCUT2D eigenvalue weighted by Gasteiger charge is -2.20. The van der Waals surface area contributed by atoms with Crippen LogP contribution in [0.3, 0.4) is 0 Å². The Balaban J connectivity index is 2.11. The maximum Gasteiger partial charge on any atom is 0.440 e. The molecule has 0 saturated heterocycles. The van der Waals surface area contributed by atoms with E-state index < -0.39 is 16.9 Å². The standard InChI is InChI=1S/C18H22BrO6PS2/c1-4-14(3)27-26(20,23-5-2)24-16-8-10-17(11-9-16)25-28(21,22)18-12-6-15(19)7-13-18/h6-14H,4-5H2,1-3H3. The molecule has 2 aromatic carbocycles. The Bertz CT molecular complexity index is 916. The number of benzene rings is 2. The Hall–Kier alpha value is -0.990. The summed E-state index contributed by atoms with van der Waals surface area (Å²) in [4.78, 5) is 0.0434. The monoisotopic (exact) mass is 508 g/mol. The minimum absolute atomic E-state index is 0.0434. The van der Waals surface area contributed by atoms with Gasteiger partial charge in [-0.25, -0.2) is 4.57 Å². The van der Waals surface area contributed by atoms with Gasteiger partial charge in [-0.2, -0.15) is 8.42 Å². The van der Waals surface area contributed by atoms with Crippen LogP contribution in [0, 0.1) is 0 Å². The van der Waals surface area contributed by atoms with Gasteiger partial charge in [0.05, 0.1) is 6.61 Å². The van der Waals surface area contributed by atoms with Crippen molar-refractivity contribution in [3.8, 4) is 11.5 Å². The second kappa shape index (κ2) is 10.2. The normalized spacial score (nSPS) is 14.9. The van der Waals surface area contributed by atoms with E-state index in [2.05, 4.69) is 15.9 Å². The van der Waals surface area contributed by atoms with Gasteiger partial charge < -0.3 is 8.71 Å². The Kier molecular flexibility index (Phi) is 8.45. The van der Waals surface area contributed by atoms with Gasteiger partial charge in [0.1, 0.15) is 16.4 Å². The summed E-state index contributed by atoms with van der Waals surface area (Å²) in [5, 5.41) is 0.107. The van der Waals surface area contributed by atoms with Crippen molar-refractivity contribution in [2.45, 2.75) is 37.3 Å². The van der Waals surface area contributed by atoms with E-state index in [1.54, 1.807) is 19.1 Å². The first kappa shape index (κ1) is 23.3. The molecule has 0 spiro atoms. The van der Waals surface area contributed by atoms with Crippen LogP contribution in [0.15, 0.2) is 57.9 Å². The van der Waals surface area contributed by atoms with E-state index in [0.29, 0.717) is 5.75 Å². The Labute approximate surface area is 178 Å². The van der Waals surface area contributed by atoms with E-state index >= 15 is 0 Å². The lowest BCUT2D eigenvalue weighted by molar-refractivity contribution is 0.296. The highest BCUT2D eigenvalue weighted by Crippen LogP contribution is 2.62. The molecule has 0 fully saturated rings. The van der Waals surface area contributed by atoms with Gasteiger partial charge >= 0.3 is 16.9 Å². The largest absolute Gasteiger partial charge is 0.440 e. The summed E-state index contributed by atoms with van der Waals surface area (Å²) < 4.78 is 54.4. The summed E-state index contributed by atoms with van der Waals surface area (Å²) >= 11 is 4.42. The minimum Gasteiger partial charge on any atom is -0.417 e. The molecule has 10 heteroatoms. The lowest BCUT2D eigenvalue weighted by atomic mass is 10.3. The van der Waals surface area contributed by atoms with Crippen LogP contribution in [-0.4, -0.2) is 20.3 Å². The van der Waals surface area contributed by atoms with Crippen molar-refractivity contribution < 1.29 is 26.2 Å². The highest BCUT2D eigenvalue weighted by Gasteiger charge is 2.29. The zero-order valence-electron chi connectivity index (χ0n) is 15.7. The highest BCUT2D eigenvalue weighted by molar-refractivity contribution is 9.10. The summed E-state index contributed by atoms with van der Waals surface area (Å²) in [6.45, 7) is 2.58. The van der Waals surface area contributed by atoms with E-state index in [4.69, 9.17) is 13.2 Å². The molecule has 6 nitrogen and oxygen atoms in total. The van der Waals surface area contributed by atoms with Crippen LogP contribution in [0.1, 0.15) is 27.2 Å². The van der Waals surface area contributed by atoms with Gasteiger partial charge in [-0.15, -0.1) is 0 Å². The van der Waals surface area contributed by atoms with E-state index in [1.807, 2.05) is 13.8 Å². The molecule has 0 aliphatic rings. The van der Waals surface area contributed by atoms with Crippen molar-refractivity contribution in [2.24, 2.45) is 0 Å². The number of halogens is 1. The first-order valence-corrected chi connectivity index (χ1v) is 13.8. The fourth-order valence-corrected chi connectivity index (χ4v) is 7.29. The fraction of sp³-hybridized carbons (Fsp3) is 0.333. The van der Waals surface area contributed by atoms with Crippen molar-refractivity contribution in [3.05, 3.63) is 53.0 Å². The number of hydrogen-bond donors (Lipinski definition) is 0. The summed E-state index contributed by atoms with van der Waals surface area (Å²) in [6.07, 6.45) is 0.825. The van der Waals surface area contributed by atoms with Crippen molar-refractivity contribution in [2.75, 3.05) is 6.61 Å². The molecule has 154 valence electrons. The van der Waals surface area contributed by atoms with Crippen LogP contribution in [0.4, 0.5) is 0 Å². The van der Waals surface area contributed by atoms with E-state index in [9.17, 15) is 13.0 Å². The zero-order valence-corrected chi connectivity index (χ0v) is 19.8. The van der Waals surface area contributed by atoms with Crippen LogP contribution in [0.5, 0.6) is 11.5 Å². The molecule has 28 heavy (non-hydrogen) atoms. The summed E-state index contributed by atoms with van der Waals surface area (Å²) in [5.74, 6) is 0.428. The van der Waals surface area contributed by atoms with Crippen molar-refractivity contribution >= 4 is 44.2 Å². The molecule has 0 heterocycles. The second-order valence-corrected chi connectivity index (χ2v) is 12.5. The van der Waals surface area contributed by atoms with Crippen LogP contribution < -0.4 is 8.71 Å². The molecule has 0 bridgehead atoms. The highest BCUT2D eigenvalue weighted by atomic mass is 79.9. The molecule has 2 atom stereocenters. The molecular weight excluding hydrogens is 487 g/mol. The molecule has 2 aromatic rings. The topological polar surface area (TPSA) is 78.9 Å². The van der Waals surface area contributed by atoms with Gasteiger partial charge in [0.25, 0.3) is 0 Å². The predicted octanol–water partition coefficient (Wildman–Crippen LogP) is 6.27.